The van der Waals surface area contributed by atoms with Crippen LogP contribution in [-0.2, 0) is 11.2 Å². The van der Waals surface area contributed by atoms with E-state index in [0.29, 0.717) is 5.41 Å². The number of carbonyl (C=O) groups is 1. The van der Waals surface area contributed by atoms with Crippen molar-refractivity contribution in [3.05, 3.63) is 48.0 Å². The second-order valence-electron chi connectivity index (χ2n) is 11.0. The molecule has 2 nitrogen and oxygen atoms in total. The Kier molecular flexibility index (Phi) is 21.2. The van der Waals surface area contributed by atoms with Gasteiger partial charge in [0.05, 0.1) is 0 Å². The molecule has 34 heavy (non-hydrogen) atoms. The zero-order valence-electron chi connectivity index (χ0n) is 23.2. The Labute approximate surface area is 212 Å². The lowest BCUT2D eigenvalue weighted by Crippen LogP contribution is -2.12. The summed E-state index contributed by atoms with van der Waals surface area (Å²) in [4.78, 5) is 9.89. The quantitative estimate of drug-likeness (QED) is 0.221. The van der Waals surface area contributed by atoms with Crippen LogP contribution in [0.1, 0.15) is 124 Å². The predicted molar refractivity (Wildman–Crippen MR) is 150 cm³/mol. The zero-order chi connectivity index (χ0) is 25.5. The molecule has 1 N–H and O–H groups in total. The van der Waals surface area contributed by atoms with E-state index >= 15 is 0 Å². The Morgan fingerprint density at radius 1 is 0.971 bits per heavy atom. The normalized spacial score (nSPS) is 21.0. The summed E-state index contributed by atoms with van der Waals surface area (Å²) in [5, 5.41) is 8.52. The third-order valence-corrected chi connectivity index (χ3v) is 6.75. The first-order valence-corrected chi connectivity index (χ1v) is 14.1. The molecule has 0 fully saturated rings. The second-order valence-corrected chi connectivity index (χ2v) is 11.0. The Morgan fingerprint density at radius 3 is 2.29 bits per heavy atom. The Balaban J connectivity index is 0.000000503. The Bertz CT molecular complexity index is 590. The van der Waals surface area contributed by atoms with Gasteiger partial charge in [-0.2, -0.15) is 0 Å². The summed E-state index contributed by atoms with van der Waals surface area (Å²) >= 11 is 0. The highest BCUT2D eigenvalue weighted by Gasteiger charge is 2.19. The van der Waals surface area contributed by atoms with E-state index in [0.717, 1.165) is 37.4 Å². The lowest BCUT2D eigenvalue weighted by molar-refractivity contribution is -0.107. The average Bonchev–Trinajstić information content (AvgIpc) is 2.84. The molecule has 2 unspecified atom stereocenters. The number of hydrogen-bond acceptors (Lipinski definition) is 2. The third-order valence-electron chi connectivity index (χ3n) is 6.75. The van der Waals surface area contributed by atoms with Crippen molar-refractivity contribution in [1.82, 2.24) is 0 Å². The molecule has 0 aliphatic heterocycles. The lowest BCUT2D eigenvalue weighted by atomic mass is 9.80. The van der Waals surface area contributed by atoms with Gasteiger partial charge in [0.25, 0.3) is 0 Å². The van der Waals surface area contributed by atoms with E-state index in [1.165, 1.54) is 76.2 Å². The van der Waals surface area contributed by atoms with Crippen molar-refractivity contribution in [2.75, 3.05) is 6.61 Å². The standard InChI is InChI=1S/C15H28.C9H18O.C8H10O/c1-13-7-5-8-14(2)10-12-15(3,4)11-6-9-13;1-2-3-4-5-6-7-8-9-10;9-7-6-8-4-2-1-3-5-8/h5,7,13-14H,6,8-12H2,1-4H3;9H,2-8H2,1H3;1-5,9H,6-7H2/b7-5-;;. The van der Waals surface area contributed by atoms with Crippen LogP contribution in [0.5, 0.6) is 0 Å². The van der Waals surface area contributed by atoms with E-state index in [9.17, 15) is 4.79 Å². The van der Waals surface area contributed by atoms with E-state index in [-0.39, 0.29) is 6.61 Å². The van der Waals surface area contributed by atoms with Gasteiger partial charge in [-0.3, -0.25) is 0 Å². The molecular formula is C32H56O2. The largest absolute Gasteiger partial charge is 0.396 e. The summed E-state index contributed by atoms with van der Waals surface area (Å²) in [6.45, 7) is 12.1. The van der Waals surface area contributed by atoms with Crippen LogP contribution < -0.4 is 0 Å². The number of allylic oxidation sites excluding steroid dienone is 2. The van der Waals surface area contributed by atoms with Crippen LogP contribution in [0.25, 0.3) is 0 Å². The molecular weight excluding hydrogens is 416 g/mol. The van der Waals surface area contributed by atoms with Gasteiger partial charge in [-0.25, -0.2) is 0 Å². The number of benzene rings is 1. The number of aliphatic hydroxyl groups excluding tert-OH is 1. The number of unbranched alkanes of at least 4 members (excludes halogenated alkanes) is 6. The molecule has 1 aromatic rings. The van der Waals surface area contributed by atoms with Gasteiger partial charge in [0, 0.05) is 13.0 Å². The predicted octanol–water partition coefficient (Wildman–Crippen LogP) is 9.35. The third kappa shape index (κ3) is 21.1. The van der Waals surface area contributed by atoms with Crippen molar-refractivity contribution < 1.29 is 9.90 Å². The van der Waals surface area contributed by atoms with Crippen LogP contribution in [0.4, 0.5) is 0 Å². The maximum atomic E-state index is 9.89. The average molecular weight is 473 g/mol. The molecule has 1 aromatic carbocycles. The minimum absolute atomic E-state index is 0.240. The first-order valence-electron chi connectivity index (χ1n) is 14.1. The summed E-state index contributed by atoms with van der Waals surface area (Å²) in [5.74, 6) is 1.65. The number of aldehydes is 1. The molecule has 2 atom stereocenters. The number of rotatable bonds is 9. The molecule has 0 spiro atoms. The maximum absolute atomic E-state index is 9.89. The minimum atomic E-state index is 0.240. The van der Waals surface area contributed by atoms with Gasteiger partial charge >= 0.3 is 0 Å². The van der Waals surface area contributed by atoms with Crippen molar-refractivity contribution in [1.29, 1.82) is 0 Å². The monoisotopic (exact) mass is 472 g/mol. The summed E-state index contributed by atoms with van der Waals surface area (Å²) < 4.78 is 0. The van der Waals surface area contributed by atoms with E-state index in [1.807, 2.05) is 30.3 Å². The number of hydrogen-bond donors (Lipinski definition) is 1. The van der Waals surface area contributed by atoms with E-state index < -0.39 is 0 Å². The molecule has 0 saturated carbocycles. The molecule has 196 valence electrons. The minimum Gasteiger partial charge on any atom is -0.396 e. The van der Waals surface area contributed by atoms with Crippen LogP contribution in [-0.4, -0.2) is 18.0 Å². The molecule has 2 heteroatoms. The van der Waals surface area contributed by atoms with Crippen molar-refractivity contribution in [2.24, 2.45) is 17.3 Å². The first kappa shape index (κ1) is 32.6. The van der Waals surface area contributed by atoms with Crippen LogP contribution in [0.15, 0.2) is 42.5 Å². The molecule has 1 aliphatic carbocycles. The van der Waals surface area contributed by atoms with Crippen LogP contribution in [0, 0.1) is 17.3 Å². The summed E-state index contributed by atoms with van der Waals surface area (Å²) in [5.41, 5.74) is 1.76. The van der Waals surface area contributed by atoms with Gasteiger partial charge in [0.1, 0.15) is 6.29 Å². The zero-order valence-corrected chi connectivity index (χ0v) is 23.2. The maximum Gasteiger partial charge on any atom is 0.119 e. The molecule has 0 heterocycles. The fraction of sp³-hybridized carbons (Fsp3) is 0.719. The van der Waals surface area contributed by atoms with Gasteiger partial charge in [-0.1, -0.05) is 116 Å². The van der Waals surface area contributed by atoms with Crippen LogP contribution in [0.3, 0.4) is 0 Å². The molecule has 0 radical (unpaired) electrons. The van der Waals surface area contributed by atoms with E-state index in [2.05, 4.69) is 46.8 Å². The topological polar surface area (TPSA) is 37.3 Å². The van der Waals surface area contributed by atoms with Crippen molar-refractivity contribution >= 4 is 6.29 Å². The molecule has 0 bridgehead atoms. The summed E-state index contributed by atoms with van der Waals surface area (Å²) in [6.07, 6.45) is 23.2. The lowest BCUT2D eigenvalue weighted by Gasteiger charge is -2.26. The van der Waals surface area contributed by atoms with Crippen LogP contribution in [0.2, 0.25) is 0 Å². The molecule has 1 aliphatic rings. The fourth-order valence-corrected chi connectivity index (χ4v) is 4.20. The Morgan fingerprint density at radius 2 is 1.65 bits per heavy atom. The Hall–Kier alpha value is -1.41. The summed E-state index contributed by atoms with van der Waals surface area (Å²) in [7, 11) is 0. The van der Waals surface area contributed by atoms with Gasteiger partial charge in [-0.05, 0) is 67.8 Å². The van der Waals surface area contributed by atoms with Gasteiger partial charge in [-0.15, -0.1) is 0 Å². The summed E-state index contributed by atoms with van der Waals surface area (Å²) in [6, 6.07) is 9.95. The van der Waals surface area contributed by atoms with Crippen molar-refractivity contribution in [3.8, 4) is 0 Å². The van der Waals surface area contributed by atoms with Gasteiger partial charge in [0.2, 0.25) is 0 Å². The highest BCUT2D eigenvalue weighted by atomic mass is 16.2. The van der Waals surface area contributed by atoms with Gasteiger partial charge < -0.3 is 9.90 Å². The van der Waals surface area contributed by atoms with Gasteiger partial charge in [0.15, 0.2) is 0 Å². The highest BCUT2D eigenvalue weighted by Crippen LogP contribution is 2.32. The van der Waals surface area contributed by atoms with E-state index in [1.54, 1.807) is 0 Å². The molecule has 0 amide bonds. The number of carbonyl (C=O) groups excluding carboxylic acids is 1. The van der Waals surface area contributed by atoms with Crippen molar-refractivity contribution in [2.45, 2.75) is 125 Å². The second kappa shape index (κ2) is 22.1. The molecule has 0 aromatic heterocycles. The molecule has 2 rings (SSSR count). The first-order chi connectivity index (χ1) is 16.3. The SMILES string of the molecule is CC1/C=C\CC(C)CCC(C)(C)CCC1.CCCCCCCCC=O.OCCc1ccccc1. The smallest absolute Gasteiger partial charge is 0.119 e. The fourth-order valence-electron chi connectivity index (χ4n) is 4.20. The molecule has 0 saturated heterocycles. The van der Waals surface area contributed by atoms with Crippen LogP contribution >= 0.6 is 0 Å². The number of aliphatic hydroxyl groups is 1. The highest BCUT2D eigenvalue weighted by molar-refractivity contribution is 5.48. The van der Waals surface area contributed by atoms with Crippen molar-refractivity contribution in [3.63, 3.8) is 0 Å². The van der Waals surface area contributed by atoms with E-state index in [4.69, 9.17) is 5.11 Å².